The molecular formula is C46H88N2O5S. The third kappa shape index (κ3) is 29.0. The molecule has 318 valence electrons. The highest BCUT2D eigenvalue weighted by Crippen LogP contribution is 2.23. The summed E-state index contributed by atoms with van der Waals surface area (Å²) in [5.74, 6) is 1.07. The molecule has 0 saturated carbocycles. The summed E-state index contributed by atoms with van der Waals surface area (Å²) in [5.41, 5.74) is 0. The van der Waals surface area contributed by atoms with E-state index < -0.39 is 0 Å². The number of esters is 2. The lowest BCUT2D eigenvalue weighted by Crippen LogP contribution is -2.35. The molecule has 8 heteroatoms. The molecule has 1 saturated heterocycles. The number of carbonyl (C=O) groups is 3. The Morgan fingerprint density at radius 3 is 1.35 bits per heavy atom. The first kappa shape index (κ1) is 50.7. The SMILES string of the molecule is CCCCCCCC(CCCCCCC)OC(=O)CCCN(CCCC(=O)OC(CCCCCCC)CCCCCCC)C(=O)SCC1CCCN(C)C1. The van der Waals surface area contributed by atoms with Crippen LogP contribution in [0.4, 0.5) is 4.79 Å². The van der Waals surface area contributed by atoms with Gasteiger partial charge in [0, 0.05) is 38.2 Å². The van der Waals surface area contributed by atoms with Crippen LogP contribution in [0.1, 0.15) is 220 Å². The molecule has 1 aliphatic heterocycles. The van der Waals surface area contributed by atoms with Crippen molar-refractivity contribution < 1.29 is 23.9 Å². The van der Waals surface area contributed by atoms with Crippen molar-refractivity contribution in [3.05, 3.63) is 0 Å². The summed E-state index contributed by atoms with van der Waals surface area (Å²) in [6.07, 6.45) is 32.3. The van der Waals surface area contributed by atoms with Gasteiger partial charge in [-0.3, -0.25) is 14.4 Å². The minimum atomic E-state index is -0.133. The summed E-state index contributed by atoms with van der Waals surface area (Å²) < 4.78 is 12.1. The van der Waals surface area contributed by atoms with Crippen LogP contribution in [0.2, 0.25) is 0 Å². The highest BCUT2D eigenvalue weighted by atomic mass is 32.2. The van der Waals surface area contributed by atoms with E-state index in [2.05, 4.69) is 39.6 Å². The number of unbranched alkanes of at least 4 members (excludes halogenated alkanes) is 16. The first-order valence-electron chi connectivity index (χ1n) is 23.3. The zero-order valence-corrected chi connectivity index (χ0v) is 37.1. The minimum Gasteiger partial charge on any atom is -0.462 e. The molecular weight excluding hydrogens is 693 g/mol. The van der Waals surface area contributed by atoms with Gasteiger partial charge in [-0.25, -0.2) is 0 Å². The normalized spacial score (nSPS) is 14.9. The van der Waals surface area contributed by atoms with E-state index >= 15 is 0 Å². The lowest BCUT2D eigenvalue weighted by Gasteiger charge is -2.30. The van der Waals surface area contributed by atoms with Crippen LogP contribution >= 0.6 is 11.8 Å². The second-order valence-electron chi connectivity index (χ2n) is 16.6. The van der Waals surface area contributed by atoms with Gasteiger partial charge in [-0.2, -0.15) is 0 Å². The molecule has 7 nitrogen and oxygen atoms in total. The Kier molecular flexibility index (Phi) is 33.9. The van der Waals surface area contributed by atoms with Crippen LogP contribution in [-0.4, -0.2) is 78.2 Å². The molecule has 54 heavy (non-hydrogen) atoms. The van der Waals surface area contributed by atoms with Crippen LogP contribution in [-0.2, 0) is 19.1 Å². The van der Waals surface area contributed by atoms with Gasteiger partial charge in [0.2, 0.25) is 0 Å². The Morgan fingerprint density at radius 2 is 0.981 bits per heavy atom. The van der Waals surface area contributed by atoms with Crippen LogP contribution in [0.15, 0.2) is 0 Å². The zero-order chi connectivity index (χ0) is 39.5. The first-order chi connectivity index (χ1) is 26.3. The van der Waals surface area contributed by atoms with Gasteiger partial charge in [0.25, 0.3) is 5.24 Å². The maximum atomic E-state index is 13.6. The Balaban J connectivity index is 2.72. The maximum Gasteiger partial charge on any atom is 0.306 e. The second-order valence-corrected chi connectivity index (χ2v) is 17.5. The van der Waals surface area contributed by atoms with E-state index in [1.54, 1.807) is 0 Å². The number of amides is 1. The van der Waals surface area contributed by atoms with E-state index in [4.69, 9.17) is 9.47 Å². The molecule has 1 unspecified atom stereocenters. The third-order valence-electron chi connectivity index (χ3n) is 11.2. The van der Waals surface area contributed by atoms with Gasteiger partial charge in [-0.1, -0.05) is 142 Å². The fraction of sp³-hybridized carbons (Fsp3) is 0.935. The number of hydrogen-bond acceptors (Lipinski definition) is 7. The van der Waals surface area contributed by atoms with Crippen molar-refractivity contribution in [2.24, 2.45) is 5.92 Å². The van der Waals surface area contributed by atoms with Crippen molar-refractivity contribution in [2.75, 3.05) is 39.0 Å². The van der Waals surface area contributed by atoms with Gasteiger partial charge in [-0.15, -0.1) is 0 Å². The summed E-state index contributed by atoms with van der Waals surface area (Å²) in [6.45, 7) is 12.1. The minimum absolute atomic E-state index is 0.00480. The molecule has 0 aliphatic carbocycles. The topological polar surface area (TPSA) is 76.1 Å². The fourth-order valence-electron chi connectivity index (χ4n) is 7.73. The molecule has 1 rings (SSSR count). The summed E-state index contributed by atoms with van der Waals surface area (Å²) in [7, 11) is 2.16. The molecule has 1 atom stereocenters. The molecule has 0 bridgehead atoms. The Bertz CT molecular complexity index is 824. The van der Waals surface area contributed by atoms with E-state index in [9.17, 15) is 14.4 Å². The Labute approximate surface area is 339 Å². The number of piperidine rings is 1. The third-order valence-corrected chi connectivity index (χ3v) is 12.3. The van der Waals surface area contributed by atoms with Crippen LogP contribution < -0.4 is 0 Å². The van der Waals surface area contributed by atoms with Gasteiger partial charge in [0.05, 0.1) is 0 Å². The van der Waals surface area contributed by atoms with E-state index in [0.29, 0.717) is 44.7 Å². The molecule has 0 radical (unpaired) electrons. The standard InChI is InChI=1S/C46H88N2O5S/c1-6-10-14-18-22-30-42(31-23-19-15-11-7-2)52-44(49)34-27-37-48(46(51)54-40-41-29-26-36-47(5)39-41)38-28-35-45(50)53-43(32-24-20-16-12-8-3)33-25-21-17-13-9-4/h41-43H,6-40H2,1-5H3. The molecule has 0 aromatic carbocycles. The summed E-state index contributed by atoms with van der Waals surface area (Å²) >= 11 is 1.42. The molecule has 0 aromatic heterocycles. The second kappa shape index (κ2) is 36.1. The van der Waals surface area contributed by atoms with E-state index in [1.807, 2.05) is 4.90 Å². The van der Waals surface area contributed by atoms with Crippen molar-refractivity contribution in [3.8, 4) is 0 Å². The molecule has 0 aromatic rings. The summed E-state index contributed by atoms with van der Waals surface area (Å²) in [6, 6.07) is 0. The van der Waals surface area contributed by atoms with Crippen molar-refractivity contribution in [3.63, 3.8) is 0 Å². The molecule has 0 spiro atoms. The van der Waals surface area contributed by atoms with E-state index in [-0.39, 0.29) is 29.4 Å². The molecule has 1 fully saturated rings. The van der Waals surface area contributed by atoms with Crippen LogP contribution in [0.25, 0.3) is 0 Å². The quantitative estimate of drug-likeness (QED) is 0.0463. The number of carbonyl (C=O) groups excluding carboxylic acids is 3. The maximum absolute atomic E-state index is 13.6. The zero-order valence-electron chi connectivity index (χ0n) is 36.3. The number of hydrogen-bond donors (Lipinski definition) is 0. The van der Waals surface area contributed by atoms with Gasteiger partial charge in [0.1, 0.15) is 12.2 Å². The van der Waals surface area contributed by atoms with Crippen molar-refractivity contribution in [1.82, 2.24) is 9.80 Å². The monoisotopic (exact) mass is 781 g/mol. The predicted octanol–water partition coefficient (Wildman–Crippen LogP) is 13.3. The van der Waals surface area contributed by atoms with Crippen LogP contribution in [0.5, 0.6) is 0 Å². The Morgan fingerprint density at radius 1 is 0.593 bits per heavy atom. The number of thioether (sulfide) groups is 1. The number of rotatable bonds is 36. The molecule has 1 heterocycles. The number of nitrogens with zero attached hydrogens (tertiary/aromatic N) is 2. The smallest absolute Gasteiger partial charge is 0.306 e. The average molecular weight is 781 g/mol. The van der Waals surface area contributed by atoms with Crippen molar-refractivity contribution in [1.29, 1.82) is 0 Å². The Hall–Kier alpha value is -1.28. The van der Waals surface area contributed by atoms with Gasteiger partial charge < -0.3 is 19.3 Å². The van der Waals surface area contributed by atoms with Crippen LogP contribution in [0, 0.1) is 5.92 Å². The molecule has 0 N–H and O–H groups in total. The average Bonchev–Trinajstić information content (AvgIpc) is 3.15. The summed E-state index contributed by atoms with van der Waals surface area (Å²) in [5, 5.41) is 0.0685. The molecule has 1 amide bonds. The van der Waals surface area contributed by atoms with Crippen molar-refractivity contribution in [2.45, 2.75) is 233 Å². The van der Waals surface area contributed by atoms with Gasteiger partial charge >= 0.3 is 11.9 Å². The number of ether oxygens (including phenoxy) is 2. The number of likely N-dealkylation sites (tertiary alicyclic amines) is 1. The lowest BCUT2D eigenvalue weighted by molar-refractivity contribution is -0.150. The summed E-state index contributed by atoms with van der Waals surface area (Å²) in [4.78, 5) is 44.0. The predicted molar refractivity (Wildman–Crippen MR) is 231 cm³/mol. The first-order valence-corrected chi connectivity index (χ1v) is 24.3. The van der Waals surface area contributed by atoms with E-state index in [1.165, 1.54) is 127 Å². The molecule has 1 aliphatic rings. The van der Waals surface area contributed by atoms with Crippen LogP contribution in [0.3, 0.4) is 0 Å². The van der Waals surface area contributed by atoms with Gasteiger partial charge in [-0.05, 0) is 96.6 Å². The van der Waals surface area contributed by atoms with Gasteiger partial charge in [0.15, 0.2) is 0 Å². The fourth-order valence-corrected chi connectivity index (χ4v) is 8.74. The highest BCUT2D eigenvalue weighted by Gasteiger charge is 2.22. The van der Waals surface area contributed by atoms with E-state index in [0.717, 1.165) is 70.2 Å². The lowest BCUT2D eigenvalue weighted by atomic mass is 10.0. The van der Waals surface area contributed by atoms with Crippen molar-refractivity contribution >= 4 is 28.9 Å². The highest BCUT2D eigenvalue weighted by molar-refractivity contribution is 8.13. The largest absolute Gasteiger partial charge is 0.462 e.